The van der Waals surface area contributed by atoms with Crippen molar-refractivity contribution in [3.63, 3.8) is 0 Å². The number of anilines is 1. The minimum absolute atomic E-state index is 0.164. The highest BCUT2D eigenvalue weighted by molar-refractivity contribution is 5.91. The van der Waals surface area contributed by atoms with E-state index < -0.39 is 12.0 Å². The van der Waals surface area contributed by atoms with Gasteiger partial charge in [-0.25, -0.2) is 4.79 Å². The molecule has 0 radical (unpaired) electrons. The number of hydrogen-bond donors (Lipinski definition) is 2. The fourth-order valence-corrected chi connectivity index (χ4v) is 1.28. The molecule has 6 heteroatoms. The molecule has 96 valence electrons. The number of aromatic nitrogens is 1. The molecule has 0 aliphatic carbocycles. The average molecular weight is 249 g/mol. The first kappa shape index (κ1) is 13.7. The summed E-state index contributed by atoms with van der Waals surface area (Å²) in [6.45, 7) is 5.10. The lowest BCUT2D eigenvalue weighted by Crippen LogP contribution is -2.38. The van der Waals surface area contributed by atoms with Gasteiger partial charge in [0, 0.05) is 12.2 Å². The predicted molar refractivity (Wildman–Crippen MR) is 67.4 cm³/mol. The van der Waals surface area contributed by atoms with Crippen LogP contribution in [-0.4, -0.2) is 40.1 Å². The fraction of sp³-hybridized carbons (Fsp3) is 0.250. The van der Waals surface area contributed by atoms with Crippen LogP contribution in [0.3, 0.4) is 0 Å². The third kappa shape index (κ3) is 4.25. The summed E-state index contributed by atoms with van der Waals surface area (Å²) < 4.78 is 0. The number of carbonyl (C=O) groups is 2. The molecule has 0 aliphatic rings. The van der Waals surface area contributed by atoms with Gasteiger partial charge in [-0.3, -0.25) is 9.78 Å². The number of carboxylic acid groups (broad SMARTS) is 1. The van der Waals surface area contributed by atoms with Gasteiger partial charge >= 0.3 is 12.0 Å². The minimum atomic E-state index is -1.07. The Balaban J connectivity index is 2.68. The Morgan fingerprint density at radius 1 is 1.56 bits per heavy atom. The van der Waals surface area contributed by atoms with Gasteiger partial charge in [-0.2, -0.15) is 0 Å². The topological polar surface area (TPSA) is 82.5 Å². The van der Waals surface area contributed by atoms with Crippen molar-refractivity contribution in [2.45, 2.75) is 6.92 Å². The van der Waals surface area contributed by atoms with Crippen LogP contribution in [0.25, 0.3) is 0 Å². The summed E-state index contributed by atoms with van der Waals surface area (Å²) in [5, 5.41) is 11.3. The van der Waals surface area contributed by atoms with E-state index in [9.17, 15) is 9.59 Å². The van der Waals surface area contributed by atoms with E-state index in [4.69, 9.17) is 5.11 Å². The van der Waals surface area contributed by atoms with Crippen LogP contribution >= 0.6 is 0 Å². The Bertz CT molecular complexity index is 442. The van der Waals surface area contributed by atoms with Crippen molar-refractivity contribution in [3.8, 4) is 0 Å². The molecule has 0 atom stereocenters. The van der Waals surface area contributed by atoms with E-state index in [-0.39, 0.29) is 13.1 Å². The molecule has 1 rings (SSSR count). The monoisotopic (exact) mass is 249 g/mol. The summed E-state index contributed by atoms with van der Waals surface area (Å²) >= 11 is 0. The van der Waals surface area contributed by atoms with E-state index >= 15 is 0 Å². The normalized spacial score (nSPS) is 9.61. The maximum Gasteiger partial charge on any atom is 0.323 e. The van der Waals surface area contributed by atoms with Crippen LogP contribution < -0.4 is 5.32 Å². The summed E-state index contributed by atoms with van der Waals surface area (Å²) in [4.78, 5) is 27.6. The first-order valence-electron chi connectivity index (χ1n) is 5.34. The minimum Gasteiger partial charge on any atom is -0.480 e. The van der Waals surface area contributed by atoms with Crippen LogP contribution in [-0.2, 0) is 4.79 Å². The number of amides is 2. The Labute approximate surface area is 105 Å². The zero-order chi connectivity index (χ0) is 13.5. The lowest BCUT2D eigenvalue weighted by molar-refractivity contribution is -0.137. The second kappa shape index (κ2) is 6.39. The number of nitrogens with zero attached hydrogens (tertiary/aromatic N) is 2. The van der Waals surface area contributed by atoms with Crippen LogP contribution in [0.1, 0.15) is 5.69 Å². The molecule has 0 saturated carbocycles. The number of urea groups is 1. The predicted octanol–water partition coefficient (Wildman–Crippen LogP) is 1.49. The average Bonchev–Trinajstić information content (AvgIpc) is 2.31. The van der Waals surface area contributed by atoms with Gasteiger partial charge in [0.1, 0.15) is 6.54 Å². The first-order chi connectivity index (χ1) is 8.52. The lowest BCUT2D eigenvalue weighted by Gasteiger charge is -2.19. The van der Waals surface area contributed by atoms with Gasteiger partial charge in [0.25, 0.3) is 0 Å². The molecule has 0 aliphatic heterocycles. The molecule has 0 aromatic carbocycles. The molecule has 1 aromatic rings. The summed E-state index contributed by atoms with van der Waals surface area (Å²) in [7, 11) is 0. The molecule has 1 aromatic heterocycles. The number of hydrogen-bond acceptors (Lipinski definition) is 3. The van der Waals surface area contributed by atoms with E-state index in [0.717, 1.165) is 10.6 Å². The van der Waals surface area contributed by atoms with Gasteiger partial charge in [0.15, 0.2) is 0 Å². The van der Waals surface area contributed by atoms with Gasteiger partial charge in [-0.1, -0.05) is 6.08 Å². The largest absolute Gasteiger partial charge is 0.480 e. The van der Waals surface area contributed by atoms with Gasteiger partial charge < -0.3 is 15.3 Å². The van der Waals surface area contributed by atoms with E-state index in [1.807, 2.05) is 6.92 Å². The smallest absolute Gasteiger partial charge is 0.323 e. The molecule has 0 bridgehead atoms. The third-order valence-corrected chi connectivity index (χ3v) is 2.13. The van der Waals surface area contributed by atoms with Crippen LogP contribution in [0.5, 0.6) is 0 Å². The summed E-state index contributed by atoms with van der Waals surface area (Å²) in [6.07, 6.45) is 2.98. The molecule has 18 heavy (non-hydrogen) atoms. The van der Waals surface area contributed by atoms with Crippen LogP contribution in [0.15, 0.2) is 31.0 Å². The number of carboxylic acids is 1. The van der Waals surface area contributed by atoms with Gasteiger partial charge in [-0.05, 0) is 19.1 Å². The van der Waals surface area contributed by atoms with Crippen LogP contribution in [0.4, 0.5) is 10.5 Å². The second-order valence-corrected chi connectivity index (χ2v) is 3.68. The third-order valence-electron chi connectivity index (χ3n) is 2.13. The van der Waals surface area contributed by atoms with E-state index in [1.165, 1.54) is 12.3 Å². The maximum atomic E-state index is 11.8. The van der Waals surface area contributed by atoms with Gasteiger partial charge in [-0.15, -0.1) is 6.58 Å². The van der Waals surface area contributed by atoms with Crippen molar-refractivity contribution >= 4 is 17.7 Å². The standard InChI is InChI=1S/C12H15N3O3/c1-3-6-15(8-11(16)17)12(18)14-10-5-4-9(2)13-7-10/h3-5,7H,1,6,8H2,2H3,(H,14,18)(H,16,17). The van der Waals surface area contributed by atoms with Crippen molar-refractivity contribution in [1.29, 1.82) is 0 Å². The van der Waals surface area contributed by atoms with Crippen molar-refractivity contribution < 1.29 is 14.7 Å². The highest BCUT2D eigenvalue weighted by atomic mass is 16.4. The zero-order valence-corrected chi connectivity index (χ0v) is 10.1. The van der Waals surface area contributed by atoms with Crippen molar-refractivity contribution in [3.05, 3.63) is 36.7 Å². The summed E-state index contributed by atoms with van der Waals surface area (Å²) in [5.41, 5.74) is 1.35. The van der Waals surface area contributed by atoms with Crippen LogP contribution in [0.2, 0.25) is 0 Å². The molecule has 0 unspecified atom stereocenters. The van der Waals surface area contributed by atoms with E-state index in [1.54, 1.807) is 12.1 Å². The molecular formula is C12H15N3O3. The molecule has 2 amide bonds. The van der Waals surface area contributed by atoms with Crippen LogP contribution in [0, 0.1) is 6.92 Å². The maximum absolute atomic E-state index is 11.8. The highest BCUT2D eigenvalue weighted by Crippen LogP contribution is 2.06. The van der Waals surface area contributed by atoms with E-state index in [2.05, 4.69) is 16.9 Å². The van der Waals surface area contributed by atoms with Crippen molar-refractivity contribution in [2.75, 3.05) is 18.4 Å². The van der Waals surface area contributed by atoms with Gasteiger partial charge in [0.05, 0.1) is 11.9 Å². The number of nitrogens with one attached hydrogen (secondary N) is 1. The molecule has 1 heterocycles. The number of rotatable bonds is 5. The molecule has 0 saturated heterocycles. The number of aliphatic carboxylic acids is 1. The Morgan fingerprint density at radius 2 is 2.28 bits per heavy atom. The quantitative estimate of drug-likeness (QED) is 0.774. The Morgan fingerprint density at radius 3 is 2.78 bits per heavy atom. The molecule has 0 spiro atoms. The fourth-order valence-electron chi connectivity index (χ4n) is 1.28. The molecule has 2 N–H and O–H groups in total. The summed E-state index contributed by atoms with van der Waals surface area (Å²) in [5.74, 6) is -1.07. The number of pyridine rings is 1. The molecule has 6 nitrogen and oxygen atoms in total. The van der Waals surface area contributed by atoms with Gasteiger partial charge in [0.2, 0.25) is 0 Å². The lowest BCUT2D eigenvalue weighted by atomic mass is 10.3. The number of aryl methyl sites for hydroxylation is 1. The second-order valence-electron chi connectivity index (χ2n) is 3.68. The van der Waals surface area contributed by atoms with Crippen molar-refractivity contribution in [1.82, 2.24) is 9.88 Å². The SMILES string of the molecule is C=CCN(CC(=O)O)C(=O)Nc1ccc(C)nc1. The Kier molecular flexibility index (Phi) is 4.86. The highest BCUT2D eigenvalue weighted by Gasteiger charge is 2.15. The number of carbonyl (C=O) groups excluding carboxylic acids is 1. The molecule has 0 fully saturated rings. The Hall–Kier alpha value is -2.37. The zero-order valence-electron chi connectivity index (χ0n) is 10.1. The van der Waals surface area contributed by atoms with E-state index in [0.29, 0.717) is 5.69 Å². The van der Waals surface area contributed by atoms with Crippen molar-refractivity contribution in [2.24, 2.45) is 0 Å². The first-order valence-corrected chi connectivity index (χ1v) is 5.34. The molecular weight excluding hydrogens is 234 g/mol. The summed E-state index contributed by atoms with van der Waals surface area (Å²) in [6, 6.07) is 2.96.